The van der Waals surface area contributed by atoms with Gasteiger partial charge in [-0.1, -0.05) is 13.8 Å². The summed E-state index contributed by atoms with van der Waals surface area (Å²) in [4.78, 5) is 7.05. The molecule has 1 heterocycles. The molecule has 0 aliphatic carbocycles. The molecule has 0 aromatic rings. The zero-order chi connectivity index (χ0) is 17.8. The molecule has 0 aromatic heterocycles. The van der Waals surface area contributed by atoms with Crippen molar-refractivity contribution in [3.05, 3.63) is 0 Å². The van der Waals surface area contributed by atoms with E-state index in [1.807, 2.05) is 0 Å². The van der Waals surface area contributed by atoms with Crippen molar-refractivity contribution in [1.82, 2.24) is 15.5 Å². The van der Waals surface area contributed by atoms with Crippen LogP contribution in [0.25, 0.3) is 0 Å². The quantitative estimate of drug-likeness (QED) is 0.260. The first-order valence-electron chi connectivity index (χ1n) is 9.60. The number of nitrogens with one attached hydrogen (secondary N) is 2. The average molecular weight is 470 g/mol. The lowest BCUT2D eigenvalue weighted by Gasteiger charge is -2.30. The number of nitrogens with zero attached hydrogens (tertiary/aromatic N) is 2. The first-order chi connectivity index (χ1) is 11.5. The highest BCUT2D eigenvalue weighted by molar-refractivity contribution is 14.0. The maximum absolute atomic E-state index is 10.5. The highest BCUT2D eigenvalue weighted by Gasteiger charge is 2.29. The summed E-state index contributed by atoms with van der Waals surface area (Å²) >= 11 is 0. The van der Waals surface area contributed by atoms with Gasteiger partial charge in [0.1, 0.15) is 0 Å². The number of aliphatic imine (C=N–C) groups is 1. The van der Waals surface area contributed by atoms with Crippen molar-refractivity contribution < 1.29 is 9.84 Å². The molecule has 0 amide bonds. The van der Waals surface area contributed by atoms with Crippen LogP contribution in [0.3, 0.4) is 0 Å². The first kappa shape index (κ1) is 24.9. The van der Waals surface area contributed by atoms with Gasteiger partial charge in [0.2, 0.25) is 0 Å². The summed E-state index contributed by atoms with van der Waals surface area (Å²) in [6.45, 7) is 14.5. The van der Waals surface area contributed by atoms with Gasteiger partial charge in [0.05, 0.1) is 12.1 Å². The highest BCUT2D eigenvalue weighted by atomic mass is 127. The molecule has 0 radical (unpaired) electrons. The largest absolute Gasteiger partial charge is 0.388 e. The Hall–Kier alpha value is -0.120. The highest BCUT2D eigenvalue weighted by Crippen LogP contribution is 2.20. The van der Waals surface area contributed by atoms with Crippen molar-refractivity contribution in [3.63, 3.8) is 0 Å². The lowest BCUT2D eigenvalue weighted by molar-refractivity contribution is -0.0566. The van der Waals surface area contributed by atoms with Crippen LogP contribution in [0.4, 0.5) is 0 Å². The molecule has 1 rings (SSSR count). The van der Waals surface area contributed by atoms with Crippen LogP contribution in [0.1, 0.15) is 53.4 Å². The first-order valence-corrected chi connectivity index (χ1v) is 9.60. The zero-order valence-corrected chi connectivity index (χ0v) is 18.8. The lowest BCUT2D eigenvalue weighted by Crippen LogP contribution is -2.45. The van der Waals surface area contributed by atoms with E-state index in [0.29, 0.717) is 38.6 Å². The fourth-order valence-electron chi connectivity index (χ4n) is 2.92. The van der Waals surface area contributed by atoms with Gasteiger partial charge in [-0.3, -0.25) is 4.99 Å². The van der Waals surface area contributed by atoms with Crippen LogP contribution in [0.2, 0.25) is 0 Å². The Bertz CT molecular complexity index is 359. The van der Waals surface area contributed by atoms with E-state index < -0.39 is 5.60 Å². The van der Waals surface area contributed by atoms with Gasteiger partial charge in [-0.05, 0) is 46.3 Å². The molecule has 3 N–H and O–H groups in total. The van der Waals surface area contributed by atoms with Gasteiger partial charge in [-0.25, -0.2) is 0 Å². The third kappa shape index (κ3) is 10.6. The average Bonchev–Trinajstić information content (AvgIpc) is 2.57. The van der Waals surface area contributed by atoms with Crippen LogP contribution in [-0.2, 0) is 4.74 Å². The number of hydrogen-bond donors (Lipinski definition) is 3. The molecule has 1 atom stereocenters. The van der Waals surface area contributed by atoms with Crippen LogP contribution in [0.15, 0.2) is 4.99 Å². The van der Waals surface area contributed by atoms with E-state index in [0.717, 1.165) is 38.6 Å². The Kier molecular flexibility index (Phi) is 13.9. The minimum absolute atomic E-state index is 0. The molecule has 150 valence electrons. The molecule has 1 aliphatic rings. The maximum atomic E-state index is 10.5. The van der Waals surface area contributed by atoms with E-state index in [2.05, 4.69) is 48.2 Å². The molecule has 1 fully saturated rings. The van der Waals surface area contributed by atoms with E-state index in [4.69, 9.17) is 4.74 Å². The summed E-state index contributed by atoms with van der Waals surface area (Å²) in [5.74, 6) is 0.799. The molecule has 0 saturated carbocycles. The Morgan fingerprint density at radius 1 is 1.24 bits per heavy atom. The Labute approximate surface area is 171 Å². The minimum atomic E-state index is -0.716. The van der Waals surface area contributed by atoms with Crippen molar-refractivity contribution in [2.24, 2.45) is 4.99 Å². The Morgan fingerprint density at radius 2 is 1.88 bits per heavy atom. The second-order valence-corrected chi connectivity index (χ2v) is 6.75. The van der Waals surface area contributed by atoms with Gasteiger partial charge >= 0.3 is 0 Å². The molecule has 0 aromatic carbocycles. The topological polar surface area (TPSA) is 69.1 Å². The summed E-state index contributed by atoms with van der Waals surface area (Å²) in [6, 6.07) is 0.364. The summed E-state index contributed by atoms with van der Waals surface area (Å²) in [5, 5.41) is 17.3. The van der Waals surface area contributed by atoms with Gasteiger partial charge in [-0.2, -0.15) is 0 Å². The number of halogens is 1. The second kappa shape index (κ2) is 14.0. The fourth-order valence-corrected chi connectivity index (χ4v) is 2.92. The van der Waals surface area contributed by atoms with E-state index >= 15 is 0 Å². The van der Waals surface area contributed by atoms with E-state index in [1.54, 1.807) is 0 Å². The molecule has 1 saturated heterocycles. The van der Waals surface area contributed by atoms with Crippen LogP contribution in [0, 0.1) is 0 Å². The lowest BCUT2D eigenvalue weighted by atomic mass is 9.95. The van der Waals surface area contributed by atoms with Crippen LogP contribution < -0.4 is 10.6 Å². The van der Waals surface area contributed by atoms with Crippen molar-refractivity contribution in [2.75, 3.05) is 45.9 Å². The predicted octanol–water partition coefficient (Wildman–Crippen LogP) is 2.21. The van der Waals surface area contributed by atoms with Gasteiger partial charge < -0.3 is 25.4 Å². The molecule has 1 unspecified atom stereocenters. The Morgan fingerprint density at radius 3 is 2.44 bits per heavy atom. The smallest absolute Gasteiger partial charge is 0.191 e. The standard InChI is InChI=1S/C18H38N4O2.HI/c1-5-19-17(20-15-18(23)10-13-24-14-11-18)21-16(4)9-8-12-22(6-2)7-3;/h16,23H,5-15H2,1-4H3,(H2,19,20,21);1H. The number of hydrogen-bond acceptors (Lipinski definition) is 4. The summed E-state index contributed by atoms with van der Waals surface area (Å²) < 4.78 is 5.32. The van der Waals surface area contributed by atoms with Gasteiger partial charge in [0.15, 0.2) is 5.96 Å². The molecule has 6 nitrogen and oxygen atoms in total. The second-order valence-electron chi connectivity index (χ2n) is 6.75. The number of rotatable bonds is 10. The van der Waals surface area contributed by atoms with E-state index in [9.17, 15) is 5.11 Å². The summed E-state index contributed by atoms with van der Waals surface area (Å²) in [5.41, 5.74) is -0.716. The van der Waals surface area contributed by atoms with Crippen molar-refractivity contribution in [2.45, 2.75) is 65.0 Å². The predicted molar refractivity (Wildman–Crippen MR) is 116 cm³/mol. The van der Waals surface area contributed by atoms with Crippen LogP contribution in [-0.4, -0.2) is 73.5 Å². The molecule has 0 spiro atoms. The SMILES string of the molecule is CCNC(=NCC1(O)CCOCC1)NC(C)CCCN(CC)CC.I. The molecular formula is C18H39IN4O2. The third-order valence-electron chi connectivity index (χ3n) is 4.69. The molecular weight excluding hydrogens is 431 g/mol. The van der Waals surface area contributed by atoms with E-state index in [-0.39, 0.29) is 24.0 Å². The van der Waals surface area contributed by atoms with Crippen LogP contribution >= 0.6 is 24.0 Å². The van der Waals surface area contributed by atoms with Gasteiger partial charge in [0.25, 0.3) is 0 Å². The van der Waals surface area contributed by atoms with Gasteiger partial charge in [0, 0.05) is 38.6 Å². The van der Waals surface area contributed by atoms with Crippen molar-refractivity contribution in [1.29, 1.82) is 0 Å². The van der Waals surface area contributed by atoms with Crippen LogP contribution in [0.5, 0.6) is 0 Å². The molecule has 25 heavy (non-hydrogen) atoms. The normalized spacial score (nSPS) is 18.6. The van der Waals surface area contributed by atoms with Gasteiger partial charge in [-0.15, -0.1) is 24.0 Å². The summed E-state index contributed by atoms with van der Waals surface area (Å²) in [7, 11) is 0. The van der Waals surface area contributed by atoms with Crippen molar-refractivity contribution in [3.8, 4) is 0 Å². The monoisotopic (exact) mass is 470 g/mol. The molecule has 7 heteroatoms. The fraction of sp³-hybridized carbons (Fsp3) is 0.944. The summed E-state index contributed by atoms with van der Waals surface area (Å²) in [6.07, 6.45) is 3.61. The van der Waals surface area contributed by atoms with E-state index in [1.165, 1.54) is 6.42 Å². The number of aliphatic hydroxyl groups is 1. The Balaban J connectivity index is 0.00000576. The third-order valence-corrected chi connectivity index (χ3v) is 4.69. The van der Waals surface area contributed by atoms with Crippen molar-refractivity contribution >= 4 is 29.9 Å². The molecule has 1 aliphatic heterocycles. The maximum Gasteiger partial charge on any atom is 0.191 e. The number of ether oxygens (including phenoxy) is 1. The molecule has 0 bridgehead atoms. The number of guanidine groups is 1. The zero-order valence-electron chi connectivity index (χ0n) is 16.5. The minimum Gasteiger partial charge on any atom is -0.388 e.